The molecule has 1 aromatic heterocycles. The van der Waals surface area contributed by atoms with Gasteiger partial charge >= 0.3 is 0 Å². The third-order valence-corrected chi connectivity index (χ3v) is 4.52. The normalized spacial score (nSPS) is 28.5. The van der Waals surface area contributed by atoms with E-state index in [0.29, 0.717) is 11.8 Å². The van der Waals surface area contributed by atoms with Gasteiger partial charge in [0, 0.05) is 24.9 Å². The second kappa shape index (κ2) is 6.37. The first-order valence-electron chi connectivity index (χ1n) is 7.51. The van der Waals surface area contributed by atoms with Gasteiger partial charge in [-0.3, -0.25) is 0 Å². The van der Waals surface area contributed by atoms with E-state index >= 15 is 0 Å². The van der Waals surface area contributed by atoms with Crippen molar-refractivity contribution in [2.24, 2.45) is 17.6 Å². The summed E-state index contributed by atoms with van der Waals surface area (Å²) in [7, 11) is 0. The average Bonchev–Trinajstić information content (AvgIpc) is 2.87. The molecule has 18 heavy (non-hydrogen) atoms. The van der Waals surface area contributed by atoms with Gasteiger partial charge in [0.25, 0.3) is 0 Å². The van der Waals surface area contributed by atoms with Crippen molar-refractivity contribution in [2.45, 2.75) is 58.4 Å². The number of hydrogen-bond donors (Lipinski definition) is 1. The Labute approximate surface area is 111 Å². The highest BCUT2D eigenvalue weighted by Crippen LogP contribution is 2.41. The number of rotatable bonds is 5. The van der Waals surface area contributed by atoms with Crippen LogP contribution < -0.4 is 5.73 Å². The molecule has 0 amide bonds. The third-order valence-electron chi connectivity index (χ3n) is 4.52. The summed E-state index contributed by atoms with van der Waals surface area (Å²) in [6.07, 6.45) is 10.6. The number of nitrogens with zero attached hydrogens (tertiary/aromatic N) is 2. The van der Waals surface area contributed by atoms with Gasteiger partial charge < -0.3 is 10.3 Å². The first-order chi connectivity index (χ1) is 8.80. The van der Waals surface area contributed by atoms with E-state index in [-0.39, 0.29) is 0 Å². The van der Waals surface area contributed by atoms with Crippen LogP contribution in [0.25, 0.3) is 0 Å². The highest BCUT2D eigenvalue weighted by Gasteiger charge is 2.32. The summed E-state index contributed by atoms with van der Waals surface area (Å²) < 4.78 is 2.29. The molecule has 3 heteroatoms. The summed E-state index contributed by atoms with van der Waals surface area (Å²) >= 11 is 0. The molecule has 2 rings (SSSR count). The molecular weight excluding hydrogens is 222 g/mol. The van der Waals surface area contributed by atoms with Crippen molar-refractivity contribution in [1.29, 1.82) is 0 Å². The van der Waals surface area contributed by atoms with Crippen molar-refractivity contribution in [3.05, 3.63) is 18.2 Å². The topological polar surface area (TPSA) is 43.8 Å². The number of aryl methyl sites for hydroxylation is 1. The summed E-state index contributed by atoms with van der Waals surface area (Å²) in [6, 6.07) is 0. The van der Waals surface area contributed by atoms with E-state index < -0.39 is 0 Å². The van der Waals surface area contributed by atoms with Crippen LogP contribution in [0, 0.1) is 11.8 Å². The average molecular weight is 249 g/mol. The predicted molar refractivity (Wildman–Crippen MR) is 75.4 cm³/mol. The van der Waals surface area contributed by atoms with Gasteiger partial charge in [-0.25, -0.2) is 4.98 Å². The summed E-state index contributed by atoms with van der Waals surface area (Å²) in [5, 5.41) is 0. The van der Waals surface area contributed by atoms with Crippen molar-refractivity contribution in [3.63, 3.8) is 0 Å². The Bertz CT molecular complexity index is 358. The first-order valence-corrected chi connectivity index (χ1v) is 7.51. The minimum Gasteiger partial charge on any atom is -0.335 e. The van der Waals surface area contributed by atoms with Crippen LogP contribution in [-0.4, -0.2) is 16.1 Å². The molecule has 0 spiro atoms. The number of nitrogens with two attached hydrogens (primary N) is 1. The van der Waals surface area contributed by atoms with Crippen LogP contribution in [0.4, 0.5) is 0 Å². The maximum absolute atomic E-state index is 5.97. The number of aromatic nitrogens is 2. The van der Waals surface area contributed by atoms with Crippen LogP contribution in [0.1, 0.15) is 57.7 Å². The van der Waals surface area contributed by atoms with Gasteiger partial charge in [0.15, 0.2) is 0 Å². The van der Waals surface area contributed by atoms with Crippen molar-refractivity contribution in [1.82, 2.24) is 9.55 Å². The Morgan fingerprint density at radius 2 is 2.22 bits per heavy atom. The fourth-order valence-electron chi connectivity index (χ4n) is 3.51. The largest absolute Gasteiger partial charge is 0.335 e. The van der Waals surface area contributed by atoms with E-state index in [0.717, 1.165) is 19.0 Å². The molecule has 3 unspecified atom stereocenters. The van der Waals surface area contributed by atoms with Crippen molar-refractivity contribution in [2.75, 3.05) is 6.54 Å². The predicted octanol–water partition coefficient (Wildman–Crippen LogP) is 3.16. The van der Waals surface area contributed by atoms with E-state index in [9.17, 15) is 0 Å². The van der Waals surface area contributed by atoms with Gasteiger partial charge in [-0.05, 0) is 38.1 Å². The lowest BCUT2D eigenvalue weighted by molar-refractivity contribution is 0.220. The van der Waals surface area contributed by atoms with E-state index in [1.54, 1.807) is 0 Å². The molecule has 1 aliphatic rings. The minimum absolute atomic E-state index is 0.579. The number of hydrogen-bond acceptors (Lipinski definition) is 2. The Hall–Kier alpha value is -0.830. The Morgan fingerprint density at radius 1 is 1.39 bits per heavy atom. The van der Waals surface area contributed by atoms with Crippen LogP contribution in [0.15, 0.2) is 12.4 Å². The smallest absolute Gasteiger partial charge is 0.112 e. The van der Waals surface area contributed by atoms with Gasteiger partial charge in [0.05, 0.1) is 0 Å². The Morgan fingerprint density at radius 3 is 2.89 bits per heavy atom. The summed E-state index contributed by atoms with van der Waals surface area (Å²) in [4.78, 5) is 4.61. The lowest BCUT2D eigenvalue weighted by Crippen LogP contribution is -2.30. The Balaban J connectivity index is 2.15. The lowest BCUT2D eigenvalue weighted by Gasteiger charge is -2.35. The molecule has 0 aromatic carbocycles. The molecule has 1 heterocycles. The van der Waals surface area contributed by atoms with Crippen molar-refractivity contribution < 1.29 is 0 Å². The fraction of sp³-hybridized carbons (Fsp3) is 0.800. The van der Waals surface area contributed by atoms with Crippen LogP contribution in [0.3, 0.4) is 0 Å². The van der Waals surface area contributed by atoms with E-state index in [2.05, 4.69) is 29.6 Å². The maximum atomic E-state index is 5.97. The molecule has 2 N–H and O–H groups in total. The zero-order valence-electron chi connectivity index (χ0n) is 11.8. The fourth-order valence-corrected chi connectivity index (χ4v) is 3.51. The number of imidazole rings is 1. The van der Waals surface area contributed by atoms with Crippen LogP contribution in [0.2, 0.25) is 0 Å². The van der Waals surface area contributed by atoms with Gasteiger partial charge in [0.1, 0.15) is 5.82 Å². The molecular formula is C15H27N3. The monoisotopic (exact) mass is 249 g/mol. The molecule has 3 atom stereocenters. The standard InChI is InChI=1S/C15H27N3/c1-3-5-12-6-7-13(11-16)14(10-12)15-17-8-9-18(15)4-2/h8-9,12-14H,3-7,10-11,16H2,1-2H3. The van der Waals surface area contributed by atoms with Crippen LogP contribution in [0.5, 0.6) is 0 Å². The molecule has 0 aliphatic heterocycles. The molecule has 102 valence electrons. The molecule has 1 aromatic rings. The van der Waals surface area contributed by atoms with Gasteiger partial charge in [0.2, 0.25) is 0 Å². The highest BCUT2D eigenvalue weighted by atomic mass is 15.1. The maximum Gasteiger partial charge on any atom is 0.112 e. The highest BCUT2D eigenvalue weighted by molar-refractivity contribution is 5.05. The van der Waals surface area contributed by atoms with Crippen molar-refractivity contribution in [3.8, 4) is 0 Å². The van der Waals surface area contributed by atoms with Crippen LogP contribution >= 0.6 is 0 Å². The van der Waals surface area contributed by atoms with E-state index in [1.165, 1.54) is 37.9 Å². The molecule has 1 saturated carbocycles. The summed E-state index contributed by atoms with van der Waals surface area (Å²) in [5.74, 6) is 3.36. The molecule has 1 aliphatic carbocycles. The second-order valence-corrected chi connectivity index (χ2v) is 5.64. The second-order valence-electron chi connectivity index (χ2n) is 5.64. The molecule has 0 radical (unpaired) electrons. The molecule has 0 bridgehead atoms. The van der Waals surface area contributed by atoms with Gasteiger partial charge in [-0.15, -0.1) is 0 Å². The minimum atomic E-state index is 0.579. The molecule has 0 saturated heterocycles. The summed E-state index contributed by atoms with van der Waals surface area (Å²) in [6.45, 7) is 6.30. The molecule has 1 fully saturated rings. The quantitative estimate of drug-likeness (QED) is 0.871. The van der Waals surface area contributed by atoms with Gasteiger partial charge in [-0.1, -0.05) is 26.2 Å². The van der Waals surface area contributed by atoms with Crippen LogP contribution in [-0.2, 0) is 6.54 Å². The van der Waals surface area contributed by atoms with Crippen molar-refractivity contribution >= 4 is 0 Å². The zero-order valence-corrected chi connectivity index (χ0v) is 11.8. The van der Waals surface area contributed by atoms with E-state index in [4.69, 9.17) is 5.73 Å². The zero-order chi connectivity index (χ0) is 13.0. The Kier molecular flexibility index (Phi) is 4.81. The SMILES string of the molecule is CCCC1CCC(CN)C(c2nccn2CC)C1. The summed E-state index contributed by atoms with van der Waals surface area (Å²) in [5.41, 5.74) is 5.97. The first kappa shape index (κ1) is 13.6. The van der Waals surface area contributed by atoms with E-state index in [1.807, 2.05) is 6.20 Å². The molecule has 3 nitrogen and oxygen atoms in total. The third kappa shape index (κ3) is 2.77. The van der Waals surface area contributed by atoms with Gasteiger partial charge in [-0.2, -0.15) is 0 Å². The lowest BCUT2D eigenvalue weighted by atomic mass is 9.72.